The van der Waals surface area contributed by atoms with Crippen LogP contribution in [0.5, 0.6) is 0 Å². The predicted molar refractivity (Wildman–Crippen MR) is 86.4 cm³/mol. The summed E-state index contributed by atoms with van der Waals surface area (Å²) >= 11 is 1.45. The highest BCUT2D eigenvalue weighted by Gasteiger charge is 2.09. The fourth-order valence-corrected chi connectivity index (χ4v) is 2.95. The van der Waals surface area contributed by atoms with Gasteiger partial charge in [0.2, 0.25) is 0 Å². The summed E-state index contributed by atoms with van der Waals surface area (Å²) < 4.78 is 0.827. The molecule has 3 aromatic rings. The molecule has 2 aromatic carbocycles. The lowest BCUT2D eigenvalue weighted by molar-refractivity contribution is -0.384. The third-order valence-electron chi connectivity index (χ3n) is 3.19. The second-order valence-corrected chi connectivity index (χ2v) is 5.71. The van der Waals surface area contributed by atoms with Crippen molar-refractivity contribution in [1.29, 1.82) is 0 Å². The summed E-state index contributed by atoms with van der Waals surface area (Å²) in [7, 11) is 0. The van der Waals surface area contributed by atoms with E-state index in [2.05, 4.69) is 18.0 Å². The summed E-state index contributed by atoms with van der Waals surface area (Å²) in [6.45, 7) is 2.06. The molecule has 0 atom stereocenters. The zero-order valence-electron chi connectivity index (χ0n) is 11.3. The van der Waals surface area contributed by atoms with Gasteiger partial charge in [0.25, 0.3) is 5.69 Å². The van der Waals surface area contributed by atoms with Gasteiger partial charge in [0.15, 0.2) is 0 Å². The van der Waals surface area contributed by atoms with Crippen LogP contribution in [0.2, 0.25) is 0 Å². The molecule has 0 fully saturated rings. The Labute approximate surface area is 125 Å². The molecular weight excluding hydrogens is 284 g/mol. The third kappa shape index (κ3) is 2.83. The molecule has 0 aliphatic carbocycles. The Bertz CT molecular complexity index is 852. The minimum Gasteiger partial charge on any atom is -0.258 e. The molecule has 1 heterocycles. The van der Waals surface area contributed by atoms with Crippen LogP contribution in [0.15, 0.2) is 42.5 Å². The molecule has 5 heteroatoms. The van der Waals surface area contributed by atoms with Gasteiger partial charge in [-0.1, -0.05) is 30.3 Å². The van der Waals surface area contributed by atoms with E-state index >= 15 is 0 Å². The van der Waals surface area contributed by atoms with Gasteiger partial charge in [-0.15, -0.1) is 11.3 Å². The maximum atomic E-state index is 10.8. The van der Waals surface area contributed by atoms with Gasteiger partial charge in [-0.05, 0) is 30.2 Å². The molecule has 4 nitrogen and oxygen atoms in total. The average molecular weight is 296 g/mol. The van der Waals surface area contributed by atoms with E-state index in [9.17, 15) is 10.1 Å². The molecule has 0 spiro atoms. The lowest BCUT2D eigenvalue weighted by atomic mass is 10.1. The Balaban J connectivity index is 1.95. The molecule has 0 radical (unpaired) electrons. The number of fused-ring (bicyclic) bond motifs is 1. The lowest BCUT2D eigenvalue weighted by Gasteiger charge is -1.97. The van der Waals surface area contributed by atoms with Crippen LogP contribution >= 0.6 is 11.3 Å². The number of hydrogen-bond donors (Lipinski definition) is 0. The molecular formula is C16H12N2O2S. The molecule has 0 unspecified atom stereocenters. The van der Waals surface area contributed by atoms with Crippen LogP contribution in [0.25, 0.3) is 22.4 Å². The zero-order valence-corrected chi connectivity index (χ0v) is 12.1. The summed E-state index contributed by atoms with van der Waals surface area (Å²) in [5.74, 6) is 0. The summed E-state index contributed by atoms with van der Waals surface area (Å²) in [5, 5.41) is 11.6. The molecule has 0 N–H and O–H groups in total. The van der Waals surface area contributed by atoms with Crippen molar-refractivity contribution in [3.8, 4) is 0 Å². The molecule has 0 amide bonds. The first kappa shape index (κ1) is 13.5. The van der Waals surface area contributed by atoms with Gasteiger partial charge in [0.05, 0.1) is 15.1 Å². The van der Waals surface area contributed by atoms with Crippen LogP contribution < -0.4 is 0 Å². The standard InChI is InChI=1S/C16H12N2O2S/c1-11-4-2-3-5-12(11)6-9-16-17-14-8-7-13(18(19)20)10-15(14)21-16/h2-10H,1H3. The Morgan fingerprint density at radius 2 is 2.00 bits per heavy atom. The van der Waals surface area contributed by atoms with Crippen molar-refractivity contribution in [2.75, 3.05) is 0 Å². The van der Waals surface area contributed by atoms with Gasteiger partial charge in [-0.3, -0.25) is 10.1 Å². The van der Waals surface area contributed by atoms with Crippen molar-refractivity contribution >= 4 is 39.4 Å². The number of nitro groups is 1. The Morgan fingerprint density at radius 3 is 2.76 bits per heavy atom. The SMILES string of the molecule is Cc1ccccc1C=Cc1nc2ccc([N+](=O)[O-])cc2s1. The quantitative estimate of drug-likeness (QED) is 0.520. The van der Waals surface area contributed by atoms with Gasteiger partial charge >= 0.3 is 0 Å². The highest BCUT2D eigenvalue weighted by Crippen LogP contribution is 2.27. The van der Waals surface area contributed by atoms with E-state index in [1.54, 1.807) is 12.1 Å². The number of benzene rings is 2. The summed E-state index contributed by atoms with van der Waals surface area (Å²) in [6.07, 6.45) is 3.96. The highest BCUT2D eigenvalue weighted by molar-refractivity contribution is 7.19. The van der Waals surface area contributed by atoms with E-state index in [1.807, 2.05) is 30.4 Å². The molecule has 0 aliphatic rings. The average Bonchev–Trinajstić information content (AvgIpc) is 2.88. The van der Waals surface area contributed by atoms with E-state index in [4.69, 9.17) is 0 Å². The van der Waals surface area contributed by atoms with Crippen molar-refractivity contribution in [2.45, 2.75) is 6.92 Å². The van der Waals surface area contributed by atoms with Crippen molar-refractivity contribution < 1.29 is 4.92 Å². The van der Waals surface area contributed by atoms with Gasteiger partial charge in [-0.2, -0.15) is 0 Å². The van der Waals surface area contributed by atoms with Crippen LogP contribution in [0, 0.1) is 17.0 Å². The van der Waals surface area contributed by atoms with Crippen LogP contribution in [0.4, 0.5) is 5.69 Å². The molecule has 21 heavy (non-hydrogen) atoms. The number of non-ortho nitro benzene ring substituents is 1. The van der Waals surface area contributed by atoms with Crippen molar-refractivity contribution in [2.24, 2.45) is 0 Å². The first-order chi connectivity index (χ1) is 10.1. The van der Waals surface area contributed by atoms with Crippen molar-refractivity contribution in [3.63, 3.8) is 0 Å². The van der Waals surface area contributed by atoms with Gasteiger partial charge < -0.3 is 0 Å². The fourth-order valence-electron chi connectivity index (χ4n) is 2.05. The molecule has 0 aliphatic heterocycles. The van der Waals surface area contributed by atoms with E-state index in [-0.39, 0.29) is 10.6 Å². The van der Waals surface area contributed by atoms with Gasteiger partial charge in [-0.25, -0.2) is 4.98 Å². The smallest absolute Gasteiger partial charge is 0.258 e. The Hall–Kier alpha value is -2.53. The fraction of sp³-hybridized carbons (Fsp3) is 0.0625. The number of thiazole rings is 1. The largest absolute Gasteiger partial charge is 0.270 e. The number of aryl methyl sites for hydroxylation is 1. The number of nitrogens with zero attached hydrogens (tertiary/aromatic N) is 2. The van der Waals surface area contributed by atoms with E-state index in [0.29, 0.717) is 0 Å². The Kier molecular flexibility index (Phi) is 3.50. The second-order valence-electron chi connectivity index (χ2n) is 4.65. The molecule has 0 saturated carbocycles. The second kappa shape index (κ2) is 5.46. The predicted octanol–water partition coefficient (Wildman–Crippen LogP) is 4.68. The van der Waals surface area contributed by atoms with Crippen LogP contribution in [0.3, 0.4) is 0 Å². The number of aromatic nitrogens is 1. The zero-order chi connectivity index (χ0) is 14.8. The Morgan fingerprint density at radius 1 is 1.19 bits per heavy atom. The topological polar surface area (TPSA) is 56.0 Å². The van der Waals surface area contributed by atoms with Gasteiger partial charge in [0.1, 0.15) is 5.01 Å². The maximum Gasteiger partial charge on any atom is 0.270 e. The van der Waals surface area contributed by atoms with Crippen LogP contribution in [-0.4, -0.2) is 9.91 Å². The minimum atomic E-state index is -0.387. The lowest BCUT2D eigenvalue weighted by Crippen LogP contribution is -1.85. The monoisotopic (exact) mass is 296 g/mol. The highest BCUT2D eigenvalue weighted by atomic mass is 32.1. The van der Waals surface area contributed by atoms with Crippen LogP contribution in [0.1, 0.15) is 16.1 Å². The number of nitro benzene ring substituents is 1. The van der Waals surface area contributed by atoms with Crippen molar-refractivity contribution in [3.05, 3.63) is 68.7 Å². The first-order valence-electron chi connectivity index (χ1n) is 6.42. The van der Waals surface area contributed by atoms with E-state index in [0.717, 1.165) is 20.8 Å². The summed E-state index contributed by atoms with van der Waals surface area (Å²) in [5.41, 5.74) is 3.23. The first-order valence-corrected chi connectivity index (χ1v) is 7.24. The maximum absolute atomic E-state index is 10.8. The molecule has 104 valence electrons. The molecule has 3 rings (SSSR count). The molecule has 1 aromatic heterocycles. The number of hydrogen-bond acceptors (Lipinski definition) is 4. The summed E-state index contributed by atoms with van der Waals surface area (Å²) in [4.78, 5) is 14.9. The van der Waals surface area contributed by atoms with Crippen LogP contribution in [-0.2, 0) is 0 Å². The van der Waals surface area contributed by atoms with E-state index in [1.165, 1.54) is 23.0 Å². The molecule has 0 bridgehead atoms. The number of rotatable bonds is 3. The van der Waals surface area contributed by atoms with Gasteiger partial charge in [0, 0.05) is 12.1 Å². The van der Waals surface area contributed by atoms with Crippen molar-refractivity contribution in [1.82, 2.24) is 4.98 Å². The third-order valence-corrected chi connectivity index (χ3v) is 4.18. The minimum absolute atomic E-state index is 0.0978. The normalized spacial score (nSPS) is 11.3. The van der Waals surface area contributed by atoms with E-state index < -0.39 is 0 Å². The summed E-state index contributed by atoms with van der Waals surface area (Å²) in [6, 6.07) is 12.8. The molecule has 0 saturated heterocycles.